The minimum absolute atomic E-state index is 0.110. The van der Waals surface area contributed by atoms with Crippen molar-refractivity contribution in [3.05, 3.63) is 41.1 Å². The van der Waals surface area contributed by atoms with Gasteiger partial charge in [0.25, 0.3) is 5.56 Å². The summed E-state index contributed by atoms with van der Waals surface area (Å²) in [6.45, 7) is 2.76. The molecule has 1 unspecified atom stereocenters. The fraction of sp³-hybridized carbons (Fsp3) is 0.368. The van der Waals surface area contributed by atoms with Crippen molar-refractivity contribution in [1.29, 1.82) is 0 Å². The second kappa shape index (κ2) is 7.58. The molecule has 0 bridgehead atoms. The Morgan fingerprint density at radius 3 is 3.11 bits per heavy atom. The summed E-state index contributed by atoms with van der Waals surface area (Å²) in [5.41, 5.74) is 0.782. The summed E-state index contributed by atoms with van der Waals surface area (Å²) in [7, 11) is 1.72. The SMILES string of the molecule is CCNc1ncnc2sc3c(=O)n(/C4=C/CCC(OC)/C=C\C4)ncc3c12. The average Bonchev–Trinajstić information content (AvgIpc) is 3.04. The van der Waals surface area contributed by atoms with Gasteiger partial charge in [0.05, 0.1) is 17.7 Å². The van der Waals surface area contributed by atoms with Crippen molar-refractivity contribution in [2.24, 2.45) is 0 Å². The van der Waals surface area contributed by atoms with Gasteiger partial charge in [-0.3, -0.25) is 4.79 Å². The zero-order valence-corrected chi connectivity index (χ0v) is 16.1. The van der Waals surface area contributed by atoms with E-state index in [9.17, 15) is 4.79 Å². The van der Waals surface area contributed by atoms with Gasteiger partial charge in [-0.25, -0.2) is 14.6 Å². The first-order valence-corrected chi connectivity index (χ1v) is 9.82. The van der Waals surface area contributed by atoms with Gasteiger partial charge in [0.2, 0.25) is 0 Å². The number of aromatic nitrogens is 4. The number of nitrogens with zero attached hydrogens (tertiary/aromatic N) is 4. The highest BCUT2D eigenvalue weighted by molar-refractivity contribution is 7.25. The van der Waals surface area contributed by atoms with Crippen molar-refractivity contribution >= 4 is 43.2 Å². The first kappa shape index (κ1) is 17.8. The molecule has 0 aliphatic heterocycles. The summed E-state index contributed by atoms with van der Waals surface area (Å²) in [6, 6.07) is 0. The molecule has 3 aromatic heterocycles. The first-order valence-electron chi connectivity index (χ1n) is 9.01. The van der Waals surface area contributed by atoms with Crippen LogP contribution in [0.1, 0.15) is 26.2 Å². The first-order chi connectivity index (χ1) is 13.2. The number of allylic oxidation sites excluding steroid dienone is 3. The number of rotatable bonds is 4. The molecule has 140 valence electrons. The number of methoxy groups -OCH3 is 1. The van der Waals surface area contributed by atoms with Gasteiger partial charge < -0.3 is 10.1 Å². The number of thiophene rings is 1. The van der Waals surface area contributed by atoms with E-state index >= 15 is 0 Å². The zero-order valence-electron chi connectivity index (χ0n) is 15.3. The summed E-state index contributed by atoms with van der Waals surface area (Å²) >= 11 is 1.39. The van der Waals surface area contributed by atoms with Crippen molar-refractivity contribution in [1.82, 2.24) is 19.7 Å². The number of nitrogens with one attached hydrogen (secondary N) is 1. The molecule has 3 aromatic rings. The Kier molecular flexibility index (Phi) is 5.00. The maximum atomic E-state index is 13.1. The predicted octanol–water partition coefficient (Wildman–Crippen LogP) is 3.43. The third-order valence-corrected chi connectivity index (χ3v) is 5.74. The van der Waals surface area contributed by atoms with E-state index in [0.29, 0.717) is 11.1 Å². The smallest absolute Gasteiger partial charge is 0.289 e. The summed E-state index contributed by atoms with van der Waals surface area (Å²) < 4.78 is 7.56. The van der Waals surface area contributed by atoms with E-state index in [1.165, 1.54) is 22.3 Å². The molecule has 0 saturated heterocycles. The number of hydrogen-bond acceptors (Lipinski definition) is 7. The van der Waals surface area contributed by atoms with Gasteiger partial charge in [-0.05, 0) is 19.8 Å². The van der Waals surface area contributed by atoms with E-state index in [-0.39, 0.29) is 11.7 Å². The lowest BCUT2D eigenvalue weighted by molar-refractivity contribution is 0.134. The summed E-state index contributed by atoms with van der Waals surface area (Å²) in [6.07, 6.45) is 11.9. The molecule has 3 heterocycles. The van der Waals surface area contributed by atoms with Gasteiger partial charge in [0.15, 0.2) is 0 Å². The predicted molar refractivity (Wildman–Crippen MR) is 109 cm³/mol. The summed E-state index contributed by atoms with van der Waals surface area (Å²) in [5.74, 6) is 0.742. The van der Waals surface area contributed by atoms with Crippen molar-refractivity contribution in [2.45, 2.75) is 32.3 Å². The van der Waals surface area contributed by atoms with Crippen molar-refractivity contribution in [3.63, 3.8) is 0 Å². The number of fused-ring (bicyclic) bond motifs is 3. The molecule has 0 fully saturated rings. The Balaban J connectivity index is 1.81. The van der Waals surface area contributed by atoms with E-state index in [4.69, 9.17) is 4.74 Å². The molecule has 1 N–H and O–H groups in total. The third-order valence-electron chi connectivity index (χ3n) is 4.64. The largest absolute Gasteiger partial charge is 0.377 e. The fourth-order valence-corrected chi connectivity index (χ4v) is 4.35. The number of ether oxygens (including phenoxy) is 1. The molecule has 0 saturated carbocycles. The highest BCUT2D eigenvalue weighted by Gasteiger charge is 2.17. The minimum atomic E-state index is -0.110. The molecule has 0 radical (unpaired) electrons. The van der Waals surface area contributed by atoms with Gasteiger partial charge in [0.1, 0.15) is 21.7 Å². The molecular formula is C19H21N5O2S. The molecule has 0 spiro atoms. The Bertz CT molecular complexity index is 1100. The molecule has 27 heavy (non-hydrogen) atoms. The standard InChI is InChI=1S/C19H21N5O2S/c1-3-20-17-15-14-10-23-24(12-6-4-8-13(26-2)9-5-7-12)19(25)16(14)27-18(15)22-11-21-17/h4,7-8,10-11,13H,3,5-6,9H2,1-2H3,(H,20,21,22)/b8-4-,12-7+. The molecule has 1 aliphatic rings. The lowest BCUT2D eigenvalue weighted by Gasteiger charge is -2.14. The number of hydrogen-bond donors (Lipinski definition) is 1. The van der Waals surface area contributed by atoms with Crippen molar-refractivity contribution < 1.29 is 4.74 Å². The van der Waals surface area contributed by atoms with Crippen LogP contribution in [-0.4, -0.2) is 39.5 Å². The van der Waals surface area contributed by atoms with Crippen LogP contribution in [0.4, 0.5) is 5.82 Å². The van der Waals surface area contributed by atoms with E-state index < -0.39 is 0 Å². The van der Waals surface area contributed by atoms with Gasteiger partial charge in [0, 0.05) is 31.2 Å². The normalized spacial score (nSPS) is 20.8. The van der Waals surface area contributed by atoms with Crippen LogP contribution in [0, 0.1) is 0 Å². The quantitative estimate of drug-likeness (QED) is 0.695. The highest BCUT2D eigenvalue weighted by Crippen LogP contribution is 2.33. The Hall–Kier alpha value is -2.58. The highest BCUT2D eigenvalue weighted by atomic mass is 32.1. The molecule has 4 rings (SSSR count). The van der Waals surface area contributed by atoms with Gasteiger partial charge >= 0.3 is 0 Å². The van der Waals surface area contributed by atoms with E-state index in [1.54, 1.807) is 13.3 Å². The molecule has 1 atom stereocenters. The maximum absolute atomic E-state index is 13.1. The molecule has 8 heteroatoms. The van der Waals surface area contributed by atoms with Crippen LogP contribution in [0.5, 0.6) is 0 Å². The van der Waals surface area contributed by atoms with Crippen molar-refractivity contribution in [2.75, 3.05) is 19.0 Å². The molecule has 0 aromatic carbocycles. The Morgan fingerprint density at radius 2 is 2.30 bits per heavy atom. The van der Waals surface area contributed by atoms with E-state index in [1.807, 2.05) is 19.1 Å². The zero-order chi connectivity index (χ0) is 18.8. The molecule has 0 amide bonds. The third kappa shape index (κ3) is 3.26. The average molecular weight is 383 g/mol. The van der Waals surface area contributed by atoms with Crippen LogP contribution in [-0.2, 0) is 4.74 Å². The van der Waals surface area contributed by atoms with E-state index in [2.05, 4.69) is 26.5 Å². The van der Waals surface area contributed by atoms with E-state index in [0.717, 1.165) is 46.5 Å². The van der Waals surface area contributed by atoms with Crippen LogP contribution in [0.25, 0.3) is 26.0 Å². The second-order valence-electron chi connectivity index (χ2n) is 6.32. The summed E-state index contributed by atoms with van der Waals surface area (Å²) in [5, 5.41) is 9.36. The van der Waals surface area contributed by atoms with Gasteiger partial charge in [-0.2, -0.15) is 5.10 Å². The van der Waals surface area contributed by atoms with Crippen LogP contribution in [0.15, 0.2) is 35.5 Å². The molecule has 7 nitrogen and oxygen atoms in total. The number of anilines is 1. The fourth-order valence-electron chi connectivity index (χ4n) is 3.31. The van der Waals surface area contributed by atoms with Gasteiger partial charge in [-0.1, -0.05) is 18.2 Å². The Labute approximate surface area is 160 Å². The Morgan fingerprint density at radius 1 is 1.41 bits per heavy atom. The van der Waals surface area contributed by atoms with Crippen molar-refractivity contribution in [3.8, 4) is 0 Å². The monoisotopic (exact) mass is 383 g/mol. The second-order valence-corrected chi connectivity index (χ2v) is 7.32. The minimum Gasteiger partial charge on any atom is -0.377 e. The summed E-state index contributed by atoms with van der Waals surface area (Å²) in [4.78, 5) is 22.6. The topological polar surface area (TPSA) is 81.9 Å². The van der Waals surface area contributed by atoms with Gasteiger partial charge in [-0.15, -0.1) is 11.3 Å². The lowest BCUT2D eigenvalue weighted by atomic mass is 10.1. The maximum Gasteiger partial charge on any atom is 0.289 e. The van der Waals surface area contributed by atoms with Crippen LogP contribution in [0.3, 0.4) is 0 Å². The van der Waals surface area contributed by atoms with Crippen LogP contribution < -0.4 is 10.9 Å². The lowest BCUT2D eigenvalue weighted by Crippen LogP contribution is -2.21. The molecular weight excluding hydrogens is 362 g/mol. The molecule has 1 aliphatic carbocycles. The van der Waals surface area contributed by atoms with Crippen LogP contribution in [0.2, 0.25) is 0 Å². The van der Waals surface area contributed by atoms with Crippen LogP contribution >= 0.6 is 11.3 Å².